The van der Waals surface area contributed by atoms with Gasteiger partial charge in [0.05, 0.1) is 17.8 Å². The Kier molecular flexibility index (Phi) is 2.87. The van der Waals surface area contributed by atoms with Crippen LogP contribution in [0.3, 0.4) is 0 Å². The SMILES string of the molecule is COc1ccc(N2C(=O)c3nccnc3C2=O)cc1Cl. The number of imide groups is 1. The highest BCUT2D eigenvalue weighted by atomic mass is 35.5. The van der Waals surface area contributed by atoms with Crippen LogP contribution in [0.4, 0.5) is 5.69 Å². The maximum atomic E-state index is 12.2. The molecule has 7 heteroatoms. The van der Waals surface area contributed by atoms with Crippen molar-refractivity contribution in [3.8, 4) is 5.75 Å². The quantitative estimate of drug-likeness (QED) is 0.790. The van der Waals surface area contributed by atoms with E-state index in [4.69, 9.17) is 16.3 Å². The number of fused-ring (bicyclic) bond motifs is 1. The van der Waals surface area contributed by atoms with E-state index in [0.29, 0.717) is 16.5 Å². The minimum absolute atomic E-state index is 0.0458. The Balaban J connectivity index is 2.07. The maximum absolute atomic E-state index is 12.2. The van der Waals surface area contributed by atoms with Gasteiger partial charge in [-0.3, -0.25) is 9.59 Å². The molecule has 6 nitrogen and oxygen atoms in total. The van der Waals surface area contributed by atoms with Crippen LogP contribution < -0.4 is 9.64 Å². The molecule has 0 bridgehead atoms. The Morgan fingerprint density at radius 1 is 1.10 bits per heavy atom. The number of rotatable bonds is 2. The Morgan fingerprint density at radius 3 is 2.20 bits per heavy atom. The number of hydrogen-bond donors (Lipinski definition) is 0. The largest absolute Gasteiger partial charge is 0.495 e. The highest BCUT2D eigenvalue weighted by Crippen LogP contribution is 2.32. The zero-order valence-corrected chi connectivity index (χ0v) is 11.1. The molecule has 0 unspecified atom stereocenters. The molecule has 0 atom stereocenters. The first kappa shape index (κ1) is 12.6. The minimum Gasteiger partial charge on any atom is -0.495 e. The van der Waals surface area contributed by atoms with Crippen LogP contribution in [0.15, 0.2) is 30.6 Å². The second kappa shape index (κ2) is 4.57. The van der Waals surface area contributed by atoms with Crippen LogP contribution in [-0.2, 0) is 0 Å². The number of anilines is 1. The van der Waals surface area contributed by atoms with E-state index in [2.05, 4.69) is 9.97 Å². The Labute approximate surface area is 119 Å². The lowest BCUT2D eigenvalue weighted by Gasteiger charge is -2.14. The normalized spacial score (nSPS) is 13.6. The zero-order chi connectivity index (χ0) is 14.3. The van der Waals surface area contributed by atoms with Crippen molar-refractivity contribution in [2.24, 2.45) is 0 Å². The van der Waals surface area contributed by atoms with Crippen molar-refractivity contribution in [1.29, 1.82) is 0 Å². The predicted octanol–water partition coefficient (Wildman–Crippen LogP) is 1.94. The maximum Gasteiger partial charge on any atom is 0.286 e. The highest BCUT2D eigenvalue weighted by molar-refractivity contribution is 6.35. The van der Waals surface area contributed by atoms with Gasteiger partial charge in [0.25, 0.3) is 11.8 Å². The molecule has 0 spiro atoms. The molecule has 1 aromatic carbocycles. The molecule has 100 valence electrons. The van der Waals surface area contributed by atoms with Gasteiger partial charge in [-0.05, 0) is 18.2 Å². The molecule has 3 rings (SSSR count). The third-order valence-corrected chi connectivity index (χ3v) is 3.20. The van der Waals surface area contributed by atoms with Crippen molar-refractivity contribution in [3.63, 3.8) is 0 Å². The molecule has 0 fully saturated rings. The van der Waals surface area contributed by atoms with Crippen LogP contribution in [0.2, 0.25) is 5.02 Å². The first-order valence-electron chi connectivity index (χ1n) is 5.67. The van der Waals surface area contributed by atoms with E-state index in [-0.39, 0.29) is 11.4 Å². The number of carbonyl (C=O) groups is 2. The van der Waals surface area contributed by atoms with Crippen LogP contribution >= 0.6 is 11.6 Å². The van der Waals surface area contributed by atoms with Gasteiger partial charge in [0.2, 0.25) is 0 Å². The summed E-state index contributed by atoms with van der Waals surface area (Å²) in [4.78, 5) is 33.2. The average Bonchev–Trinajstić information content (AvgIpc) is 2.71. The lowest BCUT2D eigenvalue weighted by molar-refractivity contribution is 0.0923. The van der Waals surface area contributed by atoms with Gasteiger partial charge >= 0.3 is 0 Å². The van der Waals surface area contributed by atoms with Gasteiger partial charge < -0.3 is 4.74 Å². The molecule has 1 aromatic heterocycles. The summed E-state index contributed by atoms with van der Waals surface area (Å²) in [5, 5.41) is 0.308. The molecule has 2 aromatic rings. The van der Waals surface area contributed by atoms with E-state index in [9.17, 15) is 9.59 Å². The minimum atomic E-state index is -0.515. The predicted molar refractivity (Wildman–Crippen MR) is 71.2 cm³/mol. The number of aromatic nitrogens is 2. The summed E-state index contributed by atoms with van der Waals surface area (Å²) in [5.41, 5.74) is 0.444. The number of carbonyl (C=O) groups excluding carboxylic acids is 2. The Morgan fingerprint density at radius 2 is 1.70 bits per heavy atom. The molecule has 2 heterocycles. The van der Waals surface area contributed by atoms with Crippen molar-refractivity contribution in [2.75, 3.05) is 12.0 Å². The summed E-state index contributed by atoms with van der Waals surface area (Å²) in [6, 6.07) is 4.65. The monoisotopic (exact) mass is 289 g/mol. The van der Waals surface area contributed by atoms with Crippen LogP contribution in [0.5, 0.6) is 5.75 Å². The molecule has 20 heavy (non-hydrogen) atoms. The van der Waals surface area contributed by atoms with Gasteiger partial charge in [-0.25, -0.2) is 14.9 Å². The van der Waals surface area contributed by atoms with E-state index < -0.39 is 11.8 Å². The van der Waals surface area contributed by atoms with Crippen molar-refractivity contribution in [2.45, 2.75) is 0 Å². The fraction of sp³-hybridized carbons (Fsp3) is 0.0769. The van der Waals surface area contributed by atoms with E-state index in [1.807, 2.05) is 0 Å². The number of ether oxygens (including phenoxy) is 1. The van der Waals surface area contributed by atoms with E-state index in [1.54, 1.807) is 12.1 Å². The molecule has 0 N–H and O–H groups in total. The second-order valence-corrected chi connectivity index (χ2v) is 4.43. The standard InChI is InChI=1S/C13H8ClN3O3/c1-20-9-3-2-7(6-8(9)14)17-12(18)10-11(13(17)19)16-5-4-15-10/h2-6H,1H3. The van der Waals surface area contributed by atoms with Crippen LogP contribution in [0.1, 0.15) is 21.0 Å². The topological polar surface area (TPSA) is 72.4 Å². The average molecular weight is 290 g/mol. The van der Waals surface area contributed by atoms with Crippen LogP contribution in [0.25, 0.3) is 0 Å². The van der Waals surface area contributed by atoms with Crippen molar-refractivity contribution < 1.29 is 14.3 Å². The molecule has 1 aliphatic heterocycles. The fourth-order valence-corrected chi connectivity index (χ4v) is 2.24. The second-order valence-electron chi connectivity index (χ2n) is 4.02. The number of benzene rings is 1. The molecule has 2 amide bonds. The summed E-state index contributed by atoms with van der Waals surface area (Å²) in [6.45, 7) is 0. The lowest BCUT2D eigenvalue weighted by Crippen LogP contribution is -2.29. The summed E-state index contributed by atoms with van der Waals surface area (Å²) >= 11 is 6.01. The number of methoxy groups -OCH3 is 1. The number of nitrogens with zero attached hydrogens (tertiary/aromatic N) is 3. The molecule has 0 saturated heterocycles. The molecule has 1 aliphatic rings. The van der Waals surface area contributed by atoms with E-state index in [0.717, 1.165) is 4.90 Å². The Hall–Kier alpha value is -2.47. The molecule has 0 radical (unpaired) electrons. The first-order valence-corrected chi connectivity index (χ1v) is 6.04. The van der Waals surface area contributed by atoms with E-state index >= 15 is 0 Å². The van der Waals surface area contributed by atoms with Gasteiger partial charge in [-0.1, -0.05) is 11.6 Å². The van der Waals surface area contributed by atoms with Gasteiger partial charge in [-0.2, -0.15) is 0 Å². The summed E-state index contributed by atoms with van der Waals surface area (Å²) < 4.78 is 5.03. The highest BCUT2D eigenvalue weighted by Gasteiger charge is 2.39. The Bertz CT molecular complexity index is 698. The fourth-order valence-electron chi connectivity index (χ4n) is 1.98. The first-order chi connectivity index (χ1) is 9.63. The molecular formula is C13H8ClN3O3. The zero-order valence-electron chi connectivity index (χ0n) is 10.3. The van der Waals surface area contributed by atoms with Gasteiger partial charge in [-0.15, -0.1) is 0 Å². The van der Waals surface area contributed by atoms with Gasteiger partial charge in [0, 0.05) is 12.4 Å². The van der Waals surface area contributed by atoms with Crippen molar-refractivity contribution >= 4 is 29.1 Å². The summed E-state index contributed by atoms with van der Waals surface area (Å²) in [5.74, 6) is -0.568. The molecule has 0 saturated carbocycles. The van der Waals surface area contributed by atoms with Crippen molar-refractivity contribution in [1.82, 2.24) is 9.97 Å². The molecular weight excluding hydrogens is 282 g/mol. The smallest absolute Gasteiger partial charge is 0.286 e. The molecule has 0 aliphatic carbocycles. The van der Waals surface area contributed by atoms with E-state index in [1.165, 1.54) is 25.6 Å². The summed E-state index contributed by atoms with van der Waals surface area (Å²) in [6.07, 6.45) is 2.74. The van der Waals surface area contributed by atoms with Gasteiger partial charge in [0.15, 0.2) is 11.4 Å². The number of hydrogen-bond acceptors (Lipinski definition) is 5. The van der Waals surface area contributed by atoms with Crippen molar-refractivity contribution in [3.05, 3.63) is 47.0 Å². The third kappa shape index (κ3) is 1.73. The third-order valence-electron chi connectivity index (χ3n) is 2.90. The summed E-state index contributed by atoms with van der Waals surface area (Å²) in [7, 11) is 1.48. The number of halogens is 1. The van der Waals surface area contributed by atoms with Crippen LogP contribution in [-0.4, -0.2) is 28.9 Å². The van der Waals surface area contributed by atoms with Gasteiger partial charge in [0.1, 0.15) is 5.75 Å². The van der Waals surface area contributed by atoms with Crippen LogP contribution in [0, 0.1) is 0 Å². The number of amides is 2. The lowest BCUT2D eigenvalue weighted by atomic mass is 10.2.